The highest BCUT2D eigenvalue weighted by atomic mass is 35.5. The molecule has 2 rings (SSSR count). The van der Waals surface area contributed by atoms with Gasteiger partial charge in [0.1, 0.15) is 10.8 Å². The molecule has 7 nitrogen and oxygen atoms in total. The Hall–Kier alpha value is -2.80. The molecule has 0 aliphatic carbocycles. The lowest BCUT2D eigenvalue weighted by atomic mass is 10.1. The van der Waals surface area contributed by atoms with Crippen LogP contribution in [0.15, 0.2) is 30.3 Å². The number of benzene rings is 2. The molecule has 0 aliphatic rings. The van der Waals surface area contributed by atoms with E-state index in [9.17, 15) is 14.9 Å². The van der Waals surface area contributed by atoms with Gasteiger partial charge in [-0.2, -0.15) is 0 Å². The van der Waals surface area contributed by atoms with E-state index in [4.69, 9.17) is 16.3 Å². The van der Waals surface area contributed by atoms with Crippen LogP contribution in [0.2, 0.25) is 5.02 Å². The topological polar surface area (TPSA) is 93.5 Å². The standard InChI is InChI=1S/C17H18ClN3O4/c1-10-4-5-11(2)16(12(10)3)25-9-19-17(22)20-13-6-7-14(18)15(8-13)21(23)24/h4-8H,9H2,1-3H3,(H2,19,20,22). The SMILES string of the molecule is Cc1ccc(C)c(OCNC(=O)Nc2ccc(Cl)c([N+](=O)[O-])c2)c1C. The summed E-state index contributed by atoms with van der Waals surface area (Å²) in [5.41, 5.74) is 3.06. The quantitative estimate of drug-likeness (QED) is 0.469. The third kappa shape index (κ3) is 4.60. The Morgan fingerprint density at radius 2 is 1.88 bits per heavy atom. The van der Waals surface area contributed by atoms with Crippen molar-refractivity contribution in [2.45, 2.75) is 20.8 Å². The number of carbonyl (C=O) groups excluding carboxylic acids is 1. The zero-order chi connectivity index (χ0) is 18.6. The molecule has 0 saturated carbocycles. The second kappa shape index (κ2) is 7.85. The van der Waals surface area contributed by atoms with E-state index < -0.39 is 11.0 Å². The van der Waals surface area contributed by atoms with Crippen LogP contribution in [-0.4, -0.2) is 17.7 Å². The van der Waals surface area contributed by atoms with Crippen molar-refractivity contribution < 1.29 is 14.5 Å². The fourth-order valence-corrected chi connectivity index (χ4v) is 2.41. The average Bonchev–Trinajstić information content (AvgIpc) is 2.56. The number of hydrogen-bond acceptors (Lipinski definition) is 4. The molecule has 0 heterocycles. The van der Waals surface area contributed by atoms with Gasteiger partial charge >= 0.3 is 6.03 Å². The first kappa shape index (κ1) is 18.5. The fraction of sp³-hybridized carbons (Fsp3) is 0.235. The Balaban J connectivity index is 1.95. The minimum atomic E-state index is -0.613. The molecule has 0 spiro atoms. The number of halogens is 1. The minimum absolute atomic E-state index is 0.00434. The van der Waals surface area contributed by atoms with Crippen LogP contribution in [0, 0.1) is 30.9 Å². The molecule has 2 aromatic rings. The van der Waals surface area contributed by atoms with E-state index in [-0.39, 0.29) is 23.1 Å². The fourth-order valence-electron chi connectivity index (χ4n) is 2.23. The normalized spacial score (nSPS) is 10.2. The maximum absolute atomic E-state index is 11.9. The van der Waals surface area contributed by atoms with Crippen molar-refractivity contribution in [1.29, 1.82) is 0 Å². The minimum Gasteiger partial charge on any atom is -0.473 e. The summed E-state index contributed by atoms with van der Waals surface area (Å²) in [5, 5.41) is 15.9. The average molecular weight is 364 g/mol. The van der Waals surface area contributed by atoms with Gasteiger partial charge in [0.2, 0.25) is 0 Å². The highest BCUT2D eigenvalue weighted by molar-refractivity contribution is 6.32. The molecule has 2 N–H and O–H groups in total. The largest absolute Gasteiger partial charge is 0.473 e. The Labute approximate surface area is 150 Å². The second-order valence-corrected chi connectivity index (χ2v) is 5.90. The van der Waals surface area contributed by atoms with E-state index >= 15 is 0 Å². The van der Waals surface area contributed by atoms with Crippen molar-refractivity contribution in [1.82, 2.24) is 5.32 Å². The van der Waals surface area contributed by atoms with E-state index in [0.717, 1.165) is 22.4 Å². The summed E-state index contributed by atoms with van der Waals surface area (Å²) < 4.78 is 5.64. The second-order valence-electron chi connectivity index (χ2n) is 5.50. The van der Waals surface area contributed by atoms with Gasteiger partial charge in [0.25, 0.3) is 5.69 Å². The van der Waals surface area contributed by atoms with E-state index in [1.165, 1.54) is 18.2 Å². The van der Waals surface area contributed by atoms with E-state index in [0.29, 0.717) is 0 Å². The van der Waals surface area contributed by atoms with Crippen molar-refractivity contribution in [3.63, 3.8) is 0 Å². The van der Waals surface area contributed by atoms with Gasteiger partial charge in [-0.05, 0) is 49.6 Å². The van der Waals surface area contributed by atoms with Crippen molar-refractivity contribution in [2.24, 2.45) is 0 Å². The van der Waals surface area contributed by atoms with Crippen LogP contribution in [0.25, 0.3) is 0 Å². The van der Waals surface area contributed by atoms with Crippen LogP contribution < -0.4 is 15.4 Å². The lowest BCUT2D eigenvalue weighted by Gasteiger charge is -2.14. The predicted molar refractivity (Wildman–Crippen MR) is 96.4 cm³/mol. The van der Waals surface area contributed by atoms with Gasteiger partial charge in [0.15, 0.2) is 6.73 Å². The Bertz CT molecular complexity index is 824. The lowest BCUT2D eigenvalue weighted by Crippen LogP contribution is -2.32. The van der Waals surface area contributed by atoms with Gasteiger partial charge in [-0.3, -0.25) is 10.1 Å². The number of rotatable bonds is 5. The third-order valence-electron chi connectivity index (χ3n) is 3.72. The molecule has 0 aliphatic heterocycles. The summed E-state index contributed by atoms with van der Waals surface area (Å²) in [5.74, 6) is 0.724. The van der Waals surface area contributed by atoms with Gasteiger partial charge in [0.05, 0.1) is 4.92 Å². The molecule has 0 saturated heterocycles. The molecule has 0 atom stereocenters. The van der Waals surface area contributed by atoms with Crippen LogP contribution in [0.3, 0.4) is 0 Å². The van der Waals surface area contributed by atoms with Crippen molar-refractivity contribution >= 4 is 29.0 Å². The summed E-state index contributed by atoms with van der Waals surface area (Å²) >= 11 is 5.73. The number of amides is 2. The van der Waals surface area contributed by atoms with Gasteiger partial charge in [0, 0.05) is 11.8 Å². The molecule has 0 aromatic heterocycles. The number of nitrogens with one attached hydrogen (secondary N) is 2. The first-order valence-electron chi connectivity index (χ1n) is 7.48. The van der Waals surface area contributed by atoms with Crippen LogP contribution in [0.4, 0.5) is 16.2 Å². The zero-order valence-corrected chi connectivity index (χ0v) is 14.8. The number of carbonyl (C=O) groups is 1. The molecule has 0 radical (unpaired) electrons. The molecular formula is C17H18ClN3O4. The van der Waals surface area contributed by atoms with Gasteiger partial charge in [-0.25, -0.2) is 4.79 Å². The Morgan fingerprint density at radius 3 is 2.56 bits per heavy atom. The smallest absolute Gasteiger partial charge is 0.321 e. The van der Waals surface area contributed by atoms with Crippen molar-refractivity contribution in [3.8, 4) is 5.75 Å². The summed E-state index contributed by atoms with van der Waals surface area (Å²) in [4.78, 5) is 22.1. The van der Waals surface area contributed by atoms with Crippen LogP contribution in [-0.2, 0) is 0 Å². The zero-order valence-electron chi connectivity index (χ0n) is 14.1. The molecule has 2 amide bonds. The lowest BCUT2D eigenvalue weighted by molar-refractivity contribution is -0.384. The number of nitrogens with zero attached hydrogens (tertiary/aromatic N) is 1. The number of urea groups is 1. The number of nitro benzene ring substituents is 1. The molecule has 0 fully saturated rings. The van der Waals surface area contributed by atoms with Crippen LogP contribution in [0.5, 0.6) is 5.75 Å². The molecule has 0 unspecified atom stereocenters. The first-order chi connectivity index (χ1) is 11.8. The maximum Gasteiger partial charge on any atom is 0.321 e. The number of aryl methyl sites for hydroxylation is 2. The van der Waals surface area contributed by atoms with Gasteiger partial charge in [-0.15, -0.1) is 0 Å². The number of nitro groups is 1. The van der Waals surface area contributed by atoms with Crippen molar-refractivity contribution in [2.75, 3.05) is 12.0 Å². The van der Waals surface area contributed by atoms with E-state index in [1.54, 1.807) is 0 Å². The number of hydrogen-bond donors (Lipinski definition) is 2. The summed E-state index contributed by atoms with van der Waals surface area (Å²) in [6.45, 7) is 5.82. The molecule has 8 heteroatoms. The van der Waals surface area contributed by atoms with E-state index in [2.05, 4.69) is 10.6 Å². The Morgan fingerprint density at radius 1 is 1.20 bits per heavy atom. The first-order valence-corrected chi connectivity index (χ1v) is 7.85. The summed E-state index contributed by atoms with van der Waals surface area (Å²) in [6, 6.07) is 7.43. The summed E-state index contributed by atoms with van der Waals surface area (Å²) in [6.07, 6.45) is 0. The molecule has 2 aromatic carbocycles. The van der Waals surface area contributed by atoms with Crippen LogP contribution >= 0.6 is 11.6 Å². The van der Waals surface area contributed by atoms with Crippen molar-refractivity contribution in [3.05, 3.63) is 62.2 Å². The third-order valence-corrected chi connectivity index (χ3v) is 4.04. The summed E-state index contributed by atoms with van der Waals surface area (Å²) in [7, 11) is 0. The molecule has 25 heavy (non-hydrogen) atoms. The number of ether oxygens (including phenoxy) is 1. The predicted octanol–water partition coefficient (Wildman–Crippen LogP) is 4.33. The number of anilines is 1. The highest BCUT2D eigenvalue weighted by Gasteiger charge is 2.14. The van der Waals surface area contributed by atoms with E-state index in [1.807, 2.05) is 32.9 Å². The molecule has 0 bridgehead atoms. The monoisotopic (exact) mass is 363 g/mol. The highest BCUT2D eigenvalue weighted by Crippen LogP contribution is 2.27. The maximum atomic E-state index is 11.9. The van der Waals surface area contributed by atoms with Gasteiger partial charge < -0.3 is 15.4 Å². The molecule has 132 valence electrons. The van der Waals surface area contributed by atoms with Crippen LogP contribution in [0.1, 0.15) is 16.7 Å². The molecular weight excluding hydrogens is 346 g/mol. The van der Waals surface area contributed by atoms with Gasteiger partial charge in [-0.1, -0.05) is 23.7 Å². The Kier molecular flexibility index (Phi) is 5.82.